The molecule has 10 rings (SSSR count). The summed E-state index contributed by atoms with van der Waals surface area (Å²) in [6.45, 7) is 30.0. The van der Waals surface area contributed by atoms with Crippen molar-refractivity contribution in [3.63, 3.8) is 0 Å². The van der Waals surface area contributed by atoms with E-state index in [9.17, 15) is 0 Å². The van der Waals surface area contributed by atoms with Crippen molar-refractivity contribution in [1.82, 2.24) is 14.1 Å². The van der Waals surface area contributed by atoms with Crippen molar-refractivity contribution in [2.75, 3.05) is 0 Å². The summed E-state index contributed by atoms with van der Waals surface area (Å²) in [6, 6.07) is 68.1. The number of rotatable bonds is 10. The van der Waals surface area contributed by atoms with Gasteiger partial charge in [-0.15, -0.1) is 35.2 Å². The molecule has 0 bridgehead atoms. The summed E-state index contributed by atoms with van der Waals surface area (Å²) >= 11 is 0. The Labute approximate surface area is 454 Å². The molecule has 7 aromatic carbocycles. The van der Waals surface area contributed by atoms with E-state index >= 15 is 0 Å². The molecular weight excluding hydrogens is 1080 g/mol. The summed E-state index contributed by atoms with van der Waals surface area (Å²) in [4.78, 5) is 5.00. The molecule has 0 aliphatic heterocycles. The Morgan fingerprint density at radius 3 is 1.69 bits per heavy atom. The molecule has 3 heterocycles. The number of pyridine rings is 1. The zero-order chi connectivity index (χ0) is 51.7. The van der Waals surface area contributed by atoms with Gasteiger partial charge in [0.25, 0.3) is 6.33 Å². The quantitative estimate of drug-likeness (QED) is 0.101. The van der Waals surface area contributed by atoms with Crippen LogP contribution in [0.5, 0.6) is 11.5 Å². The maximum Gasteiger partial charge on any atom is 0.267 e. The molecule has 0 aliphatic rings. The van der Waals surface area contributed by atoms with E-state index in [0.717, 1.165) is 55.8 Å². The van der Waals surface area contributed by atoms with Crippen LogP contribution in [0.15, 0.2) is 176 Å². The minimum Gasteiger partial charge on any atom is -0.510 e. The van der Waals surface area contributed by atoms with E-state index in [4.69, 9.17) is 9.72 Å². The average Bonchev–Trinajstić information content (AvgIpc) is 3.95. The summed E-state index contributed by atoms with van der Waals surface area (Å²) in [5.41, 5.74) is 13.3. The Kier molecular flexibility index (Phi) is 13.7. The first-order chi connectivity index (χ1) is 34.6. The van der Waals surface area contributed by atoms with E-state index in [1.165, 1.54) is 33.5 Å². The molecule has 0 unspecified atom stereocenters. The molecule has 378 valence electrons. The fourth-order valence-electron chi connectivity index (χ4n) is 10.5. The second-order valence-electron chi connectivity index (χ2n) is 23.9. The Bertz CT molecular complexity index is 3640. The predicted octanol–water partition coefficient (Wildman–Crippen LogP) is 16.6. The second-order valence-corrected chi connectivity index (χ2v) is 23.9. The van der Waals surface area contributed by atoms with E-state index in [0.29, 0.717) is 11.5 Å². The molecule has 0 saturated heterocycles. The molecule has 0 amide bonds. The number of hydrogen-bond acceptors (Lipinski definition) is 2. The van der Waals surface area contributed by atoms with Crippen LogP contribution in [0.1, 0.15) is 129 Å². The van der Waals surface area contributed by atoms with Crippen LogP contribution >= 0.6 is 0 Å². The van der Waals surface area contributed by atoms with Crippen molar-refractivity contribution >= 4 is 21.8 Å². The van der Waals surface area contributed by atoms with Crippen LogP contribution in [0.3, 0.4) is 0 Å². The van der Waals surface area contributed by atoms with E-state index in [-0.39, 0.29) is 48.1 Å². The molecule has 5 nitrogen and oxygen atoms in total. The summed E-state index contributed by atoms with van der Waals surface area (Å²) < 4.78 is 13.8. The molecular formula is C68H68N4OPt-2. The van der Waals surface area contributed by atoms with Gasteiger partial charge in [0.15, 0.2) is 0 Å². The molecule has 0 saturated carbocycles. The van der Waals surface area contributed by atoms with Crippen LogP contribution in [0.25, 0.3) is 50.1 Å². The number of para-hydroxylation sites is 1. The van der Waals surface area contributed by atoms with E-state index in [2.05, 4.69) is 286 Å². The SMILES string of the molecule is CC(C)(C)c1cc(-[n+]2[c-]n(-c3[c-]c(Oc4[c-]c5c(cc4)c4ccccc4n5-c4cc(C(C)(C)c5ccccc5)ccn4)cc(-c4ccccc4)c3)c(C(C)(C)C)c2C(C)(C)C)cc(C(C)(C)c2ccccc2)c1.[Pt]. The van der Waals surface area contributed by atoms with Gasteiger partial charge in [-0.05, 0) is 91.0 Å². The second kappa shape index (κ2) is 19.5. The first-order valence-electron chi connectivity index (χ1n) is 25.7. The number of aromatic nitrogens is 4. The summed E-state index contributed by atoms with van der Waals surface area (Å²) in [7, 11) is 0. The average molecular weight is 1150 g/mol. The van der Waals surface area contributed by atoms with Gasteiger partial charge in [0.1, 0.15) is 5.82 Å². The third-order valence-corrected chi connectivity index (χ3v) is 14.7. The first-order valence-corrected chi connectivity index (χ1v) is 25.7. The maximum absolute atomic E-state index is 7.02. The van der Waals surface area contributed by atoms with Gasteiger partial charge in [-0.2, -0.15) is 12.1 Å². The van der Waals surface area contributed by atoms with Crippen LogP contribution in [0.4, 0.5) is 0 Å². The van der Waals surface area contributed by atoms with Gasteiger partial charge in [0.2, 0.25) is 0 Å². The van der Waals surface area contributed by atoms with Gasteiger partial charge in [-0.25, -0.2) is 4.98 Å². The van der Waals surface area contributed by atoms with Gasteiger partial charge in [0.05, 0.1) is 17.1 Å². The van der Waals surface area contributed by atoms with E-state index < -0.39 is 0 Å². The molecule has 0 atom stereocenters. The molecule has 74 heavy (non-hydrogen) atoms. The molecule has 3 aromatic heterocycles. The molecule has 0 spiro atoms. The number of hydrogen-bond donors (Lipinski definition) is 0. The fourth-order valence-corrected chi connectivity index (χ4v) is 10.5. The van der Waals surface area contributed by atoms with Crippen LogP contribution in [-0.2, 0) is 48.1 Å². The van der Waals surface area contributed by atoms with E-state index in [1.807, 2.05) is 12.3 Å². The van der Waals surface area contributed by atoms with Crippen molar-refractivity contribution in [2.24, 2.45) is 0 Å². The van der Waals surface area contributed by atoms with Gasteiger partial charge < -0.3 is 13.9 Å². The molecule has 0 N–H and O–H groups in total. The molecule has 0 aliphatic carbocycles. The third-order valence-electron chi connectivity index (χ3n) is 14.7. The Balaban J connectivity index is 0.00000672. The number of fused-ring (bicyclic) bond motifs is 3. The molecule has 10 aromatic rings. The number of benzene rings is 7. The smallest absolute Gasteiger partial charge is 0.267 e. The Morgan fingerprint density at radius 2 is 1.07 bits per heavy atom. The number of nitrogens with zero attached hydrogens (tertiary/aromatic N) is 4. The van der Waals surface area contributed by atoms with Crippen molar-refractivity contribution in [3.05, 3.63) is 234 Å². The Hall–Kier alpha value is -6.81. The zero-order valence-electron chi connectivity index (χ0n) is 45.3. The topological polar surface area (TPSA) is 35.9 Å². The fraction of sp³-hybridized carbons (Fsp3) is 0.265. The van der Waals surface area contributed by atoms with Crippen molar-refractivity contribution < 1.29 is 30.4 Å². The summed E-state index contributed by atoms with van der Waals surface area (Å²) in [5, 5.41) is 2.20. The van der Waals surface area contributed by atoms with Crippen molar-refractivity contribution in [2.45, 2.75) is 117 Å². The monoisotopic (exact) mass is 1150 g/mol. The normalized spacial score (nSPS) is 12.6. The third kappa shape index (κ3) is 9.84. The minimum atomic E-state index is -0.302. The molecule has 0 fully saturated rings. The zero-order valence-corrected chi connectivity index (χ0v) is 47.5. The van der Waals surface area contributed by atoms with Gasteiger partial charge in [0, 0.05) is 55.1 Å². The maximum atomic E-state index is 7.02. The van der Waals surface area contributed by atoms with Gasteiger partial charge in [-0.3, -0.25) is 4.57 Å². The minimum absolute atomic E-state index is 0. The largest absolute Gasteiger partial charge is 0.510 e. The van der Waals surface area contributed by atoms with Crippen molar-refractivity contribution in [1.29, 1.82) is 0 Å². The number of imidazole rings is 1. The van der Waals surface area contributed by atoms with Crippen LogP contribution in [-0.4, -0.2) is 14.1 Å². The predicted molar refractivity (Wildman–Crippen MR) is 301 cm³/mol. The van der Waals surface area contributed by atoms with Crippen LogP contribution in [0, 0.1) is 18.5 Å². The summed E-state index contributed by atoms with van der Waals surface area (Å²) in [6.07, 6.45) is 5.90. The van der Waals surface area contributed by atoms with E-state index in [1.54, 1.807) is 0 Å². The van der Waals surface area contributed by atoms with Gasteiger partial charge in [-0.1, -0.05) is 211 Å². The van der Waals surface area contributed by atoms with Gasteiger partial charge >= 0.3 is 0 Å². The molecule has 0 radical (unpaired) electrons. The van der Waals surface area contributed by atoms with Crippen LogP contribution in [0.2, 0.25) is 0 Å². The van der Waals surface area contributed by atoms with Crippen LogP contribution < -0.4 is 9.30 Å². The Morgan fingerprint density at radius 1 is 0.473 bits per heavy atom. The van der Waals surface area contributed by atoms with Crippen molar-refractivity contribution in [3.8, 4) is 39.8 Å². The number of ether oxygens (including phenoxy) is 1. The first kappa shape index (κ1) is 52.1. The standard InChI is InChI=1S/C68H68N4O.Pt/c1-64(2,3)51-39-52(68(12,13)49-29-21-16-22-30-49)41-54(40-51)71-45-70(62(65(4,5)6)63(71)66(7,8)9)53-37-47(46-25-17-14-18-26-46)38-56(43-53)73-55-33-34-58-57-31-23-24-32-59(57)72(60(58)44-55)61-42-50(35-36-69-61)67(10,11)48-27-19-15-20-28-48;/h14-42H,1-13H3;/q-2;. The molecule has 6 heteroatoms. The summed E-state index contributed by atoms with van der Waals surface area (Å²) in [5.74, 6) is 1.98.